The predicted molar refractivity (Wildman–Crippen MR) is 73.0 cm³/mol. The Bertz CT molecular complexity index is 522. The Morgan fingerprint density at radius 3 is 2.50 bits per heavy atom. The zero-order chi connectivity index (χ0) is 14.4. The molecule has 1 atom stereocenters. The Labute approximate surface area is 119 Å². The number of hydrogen-bond donors (Lipinski definition) is 1. The van der Waals surface area contributed by atoms with Crippen molar-refractivity contribution < 1.29 is 18.6 Å². The van der Waals surface area contributed by atoms with Gasteiger partial charge in [-0.05, 0) is 29.8 Å². The summed E-state index contributed by atoms with van der Waals surface area (Å²) in [4.78, 5) is 4.14. The topological polar surface area (TPSA) is 42.4 Å². The molecule has 0 spiro atoms. The summed E-state index contributed by atoms with van der Waals surface area (Å²) in [5.74, 6) is 0.514. The highest BCUT2D eigenvalue weighted by Crippen LogP contribution is 2.24. The van der Waals surface area contributed by atoms with Crippen LogP contribution >= 0.6 is 11.8 Å². The van der Waals surface area contributed by atoms with Crippen LogP contribution in [0.1, 0.15) is 11.7 Å². The first kappa shape index (κ1) is 14.7. The molecule has 0 fully saturated rings. The largest absolute Gasteiger partial charge is 0.435 e. The van der Waals surface area contributed by atoms with Crippen molar-refractivity contribution in [2.75, 3.05) is 5.75 Å². The van der Waals surface area contributed by atoms with Gasteiger partial charge in [-0.25, -0.2) is 4.98 Å². The molecule has 0 aliphatic carbocycles. The number of pyridine rings is 1. The summed E-state index contributed by atoms with van der Waals surface area (Å²) < 4.78 is 28.3. The van der Waals surface area contributed by atoms with Gasteiger partial charge in [-0.2, -0.15) is 8.78 Å². The lowest BCUT2D eigenvalue weighted by atomic mass is 10.1. The molecule has 0 aliphatic rings. The van der Waals surface area contributed by atoms with Gasteiger partial charge in [-0.1, -0.05) is 18.2 Å². The number of aliphatic hydroxyl groups excluding tert-OH is 1. The van der Waals surface area contributed by atoms with Crippen LogP contribution in [0.25, 0.3) is 0 Å². The van der Waals surface area contributed by atoms with E-state index in [1.54, 1.807) is 18.3 Å². The van der Waals surface area contributed by atoms with Crippen LogP contribution in [-0.2, 0) is 0 Å². The molecule has 0 amide bonds. The maximum Gasteiger partial charge on any atom is 0.387 e. The molecule has 0 unspecified atom stereocenters. The fourth-order valence-electron chi connectivity index (χ4n) is 1.56. The number of aliphatic hydroxyl groups is 1. The van der Waals surface area contributed by atoms with E-state index in [1.807, 2.05) is 18.2 Å². The normalized spacial score (nSPS) is 12.4. The van der Waals surface area contributed by atoms with Gasteiger partial charge in [0.1, 0.15) is 5.75 Å². The SMILES string of the molecule is O[C@@H](CSc1ccccn1)c1ccc(OC(F)F)cc1. The number of alkyl halides is 2. The predicted octanol–water partition coefficient (Wildman–Crippen LogP) is 3.51. The van der Waals surface area contributed by atoms with Crippen molar-refractivity contribution in [2.45, 2.75) is 17.7 Å². The summed E-state index contributed by atoms with van der Waals surface area (Å²) >= 11 is 1.43. The molecule has 20 heavy (non-hydrogen) atoms. The van der Waals surface area contributed by atoms with E-state index in [2.05, 4.69) is 9.72 Å². The number of halogens is 2. The lowest BCUT2D eigenvalue weighted by molar-refractivity contribution is -0.0498. The number of thioether (sulfide) groups is 1. The van der Waals surface area contributed by atoms with Crippen LogP contribution in [-0.4, -0.2) is 22.5 Å². The van der Waals surface area contributed by atoms with E-state index >= 15 is 0 Å². The molecule has 2 rings (SSSR count). The third kappa shape index (κ3) is 4.47. The highest BCUT2D eigenvalue weighted by atomic mass is 32.2. The summed E-state index contributed by atoms with van der Waals surface area (Å²) in [6, 6.07) is 11.5. The minimum atomic E-state index is -2.84. The molecule has 1 N–H and O–H groups in total. The van der Waals surface area contributed by atoms with Gasteiger partial charge in [0.05, 0.1) is 11.1 Å². The van der Waals surface area contributed by atoms with Crippen molar-refractivity contribution in [3.8, 4) is 5.75 Å². The summed E-state index contributed by atoms with van der Waals surface area (Å²) in [6.45, 7) is -2.84. The fraction of sp³-hybridized carbons (Fsp3) is 0.214. The van der Waals surface area contributed by atoms with E-state index in [9.17, 15) is 13.9 Å². The molecule has 0 saturated carbocycles. The molecule has 3 nitrogen and oxygen atoms in total. The molecule has 106 valence electrons. The second kappa shape index (κ2) is 7.21. The van der Waals surface area contributed by atoms with E-state index in [0.717, 1.165) is 5.03 Å². The molecule has 0 aliphatic heterocycles. The summed E-state index contributed by atoms with van der Waals surface area (Å²) in [7, 11) is 0. The molecule has 1 aromatic carbocycles. The number of aromatic nitrogens is 1. The van der Waals surface area contributed by atoms with Crippen LogP contribution in [0.4, 0.5) is 8.78 Å². The minimum Gasteiger partial charge on any atom is -0.435 e. The number of ether oxygens (including phenoxy) is 1. The summed E-state index contributed by atoms with van der Waals surface area (Å²) in [5.41, 5.74) is 0.648. The third-order valence-corrected chi connectivity index (χ3v) is 3.54. The molecule has 6 heteroatoms. The number of benzene rings is 1. The van der Waals surface area contributed by atoms with Gasteiger partial charge in [0, 0.05) is 11.9 Å². The van der Waals surface area contributed by atoms with Gasteiger partial charge < -0.3 is 9.84 Å². The van der Waals surface area contributed by atoms with Crippen LogP contribution in [0.15, 0.2) is 53.7 Å². The molecule has 1 heterocycles. The Hall–Kier alpha value is -1.66. The molecular formula is C14H13F2NO2S. The zero-order valence-electron chi connectivity index (χ0n) is 10.4. The van der Waals surface area contributed by atoms with Gasteiger partial charge in [0.25, 0.3) is 0 Å². The highest BCUT2D eigenvalue weighted by molar-refractivity contribution is 7.99. The summed E-state index contributed by atoms with van der Waals surface area (Å²) in [5, 5.41) is 10.8. The van der Waals surface area contributed by atoms with Crippen LogP contribution < -0.4 is 4.74 Å². The van der Waals surface area contributed by atoms with Crippen molar-refractivity contribution in [3.05, 3.63) is 54.2 Å². The van der Waals surface area contributed by atoms with Gasteiger partial charge in [0.2, 0.25) is 0 Å². The van der Waals surface area contributed by atoms with Crippen LogP contribution in [0.3, 0.4) is 0 Å². The smallest absolute Gasteiger partial charge is 0.387 e. The number of nitrogens with zero attached hydrogens (tertiary/aromatic N) is 1. The van der Waals surface area contributed by atoms with E-state index in [1.165, 1.54) is 23.9 Å². The maximum atomic E-state index is 12.0. The minimum absolute atomic E-state index is 0.0772. The second-order valence-electron chi connectivity index (χ2n) is 3.94. The quantitative estimate of drug-likeness (QED) is 0.829. The first-order chi connectivity index (χ1) is 9.65. The molecular weight excluding hydrogens is 284 g/mol. The average Bonchev–Trinajstić information content (AvgIpc) is 2.46. The zero-order valence-corrected chi connectivity index (χ0v) is 11.3. The van der Waals surface area contributed by atoms with Crippen LogP contribution in [0.5, 0.6) is 5.75 Å². The Morgan fingerprint density at radius 1 is 1.15 bits per heavy atom. The van der Waals surface area contributed by atoms with Gasteiger partial charge >= 0.3 is 6.61 Å². The second-order valence-corrected chi connectivity index (χ2v) is 4.98. The highest BCUT2D eigenvalue weighted by Gasteiger charge is 2.10. The Morgan fingerprint density at radius 2 is 1.90 bits per heavy atom. The van der Waals surface area contributed by atoms with Crippen molar-refractivity contribution >= 4 is 11.8 Å². The summed E-state index contributed by atoms with van der Waals surface area (Å²) in [6.07, 6.45) is 0.994. The molecule has 0 bridgehead atoms. The number of rotatable bonds is 6. The van der Waals surface area contributed by atoms with Crippen molar-refractivity contribution in [2.24, 2.45) is 0 Å². The maximum absolute atomic E-state index is 12.0. The fourth-order valence-corrected chi connectivity index (χ4v) is 2.40. The lowest BCUT2D eigenvalue weighted by Gasteiger charge is -2.11. The first-order valence-corrected chi connectivity index (χ1v) is 6.90. The Balaban J connectivity index is 1.90. The lowest BCUT2D eigenvalue weighted by Crippen LogP contribution is -2.03. The van der Waals surface area contributed by atoms with Crippen molar-refractivity contribution in [3.63, 3.8) is 0 Å². The van der Waals surface area contributed by atoms with Gasteiger partial charge in [0.15, 0.2) is 0 Å². The number of hydrogen-bond acceptors (Lipinski definition) is 4. The molecule has 0 radical (unpaired) electrons. The monoisotopic (exact) mass is 297 g/mol. The van der Waals surface area contributed by atoms with Crippen LogP contribution in [0, 0.1) is 0 Å². The average molecular weight is 297 g/mol. The van der Waals surface area contributed by atoms with Crippen LogP contribution in [0.2, 0.25) is 0 Å². The van der Waals surface area contributed by atoms with E-state index in [0.29, 0.717) is 11.3 Å². The van der Waals surface area contributed by atoms with Gasteiger partial charge in [-0.3, -0.25) is 0 Å². The van der Waals surface area contributed by atoms with Crippen molar-refractivity contribution in [1.82, 2.24) is 4.98 Å². The first-order valence-electron chi connectivity index (χ1n) is 5.92. The Kier molecular flexibility index (Phi) is 5.31. The van der Waals surface area contributed by atoms with Gasteiger partial charge in [-0.15, -0.1) is 11.8 Å². The molecule has 2 aromatic rings. The van der Waals surface area contributed by atoms with E-state index < -0.39 is 12.7 Å². The standard InChI is InChI=1S/C14H13F2NO2S/c15-14(16)19-11-6-4-10(5-7-11)12(18)9-20-13-3-1-2-8-17-13/h1-8,12,14,18H,9H2/t12-/m0/s1. The molecule has 0 saturated heterocycles. The molecule has 1 aromatic heterocycles. The van der Waals surface area contributed by atoms with Crippen molar-refractivity contribution in [1.29, 1.82) is 0 Å². The van der Waals surface area contributed by atoms with E-state index in [-0.39, 0.29) is 5.75 Å². The third-order valence-electron chi connectivity index (χ3n) is 2.52. The van der Waals surface area contributed by atoms with E-state index in [4.69, 9.17) is 0 Å².